The summed E-state index contributed by atoms with van der Waals surface area (Å²) in [5.74, 6) is -2.21. The van der Waals surface area contributed by atoms with Crippen LogP contribution in [0.25, 0.3) is 0 Å². The van der Waals surface area contributed by atoms with Crippen molar-refractivity contribution in [3.63, 3.8) is 0 Å². The number of hydrogen-bond donors (Lipinski definition) is 3. The fourth-order valence-corrected chi connectivity index (χ4v) is 1.80. The van der Waals surface area contributed by atoms with E-state index >= 15 is 0 Å². The van der Waals surface area contributed by atoms with E-state index in [1.54, 1.807) is 0 Å². The molecule has 0 aromatic heterocycles. The highest BCUT2D eigenvalue weighted by Crippen LogP contribution is 2.12. The van der Waals surface area contributed by atoms with Crippen LogP contribution in [0.5, 0.6) is 0 Å². The van der Waals surface area contributed by atoms with Gasteiger partial charge in [0.25, 0.3) is 18.0 Å². The summed E-state index contributed by atoms with van der Waals surface area (Å²) in [6.07, 6.45) is -2.39. The van der Waals surface area contributed by atoms with E-state index in [1.807, 2.05) is 6.07 Å². The lowest BCUT2D eigenvalue weighted by Crippen LogP contribution is -2.35. The Morgan fingerprint density at radius 2 is 1.33 bits per heavy atom. The van der Waals surface area contributed by atoms with E-state index in [4.69, 9.17) is 10.5 Å². The molecule has 2 aromatic rings. The first-order valence-electron chi connectivity index (χ1n) is 6.82. The Bertz CT molecular complexity index is 761. The minimum Gasteiger partial charge on any atom is -0.323 e. The second-order valence-corrected chi connectivity index (χ2v) is 4.73. The molecular formula is C17H12FN4O2+. The summed E-state index contributed by atoms with van der Waals surface area (Å²) in [6.45, 7) is 0. The van der Waals surface area contributed by atoms with Gasteiger partial charge >= 0.3 is 6.07 Å². The molecule has 2 rings (SSSR count). The largest absolute Gasteiger partial charge is 0.323 e. The van der Waals surface area contributed by atoms with E-state index in [1.165, 1.54) is 48.5 Å². The van der Waals surface area contributed by atoms with Gasteiger partial charge in [-0.3, -0.25) is 9.59 Å². The molecule has 0 heterocycles. The van der Waals surface area contributed by atoms with Crippen molar-refractivity contribution in [1.29, 1.82) is 5.26 Å². The van der Waals surface area contributed by atoms with Gasteiger partial charge in [0.15, 0.2) is 0 Å². The standard InChI is InChI=1S/C17H11FN4O2/c18-15(16(23)21-13-5-1-11(9-19)2-6-13)17(24)22-14-7-3-12(10-20)4-8-14/h1-8,15H,(H,21,23)(H,22,24)/p+1. The lowest BCUT2D eigenvalue weighted by molar-refractivity contribution is -0.130. The van der Waals surface area contributed by atoms with Crippen LogP contribution in [0, 0.1) is 17.4 Å². The number of benzene rings is 2. The molecule has 0 fully saturated rings. The van der Waals surface area contributed by atoms with Crippen molar-refractivity contribution < 1.29 is 19.2 Å². The fraction of sp³-hybridized carbons (Fsp3) is 0.0588. The number of alkyl halides is 1. The summed E-state index contributed by atoms with van der Waals surface area (Å²) in [7, 11) is 0. The Labute approximate surface area is 137 Å². The number of anilines is 2. The highest BCUT2D eigenvalue weighted by atomic mass is 19.1. The molecule has 2 aromatic carbocycles. The molecule has 0 aliphatic rings. The van der Waals surface area contributed by atoms with E-state index in [2.05, 4.69) is 16.7 Å². The predicted molar refractivity (Wildman–Crippen MR) is 83.7 cm³/mol. The third-order valence-corrected chi connectivity index (χ3v) is 3.04. The molecule has 0 spiro atoms. The molecule has 3 N–H and O–H groups in total. The van der Waals surface area contributed by atoms with Crippen molar-refractivity contribution in [3.8, 4) is 12.1 Å². The predicted octanol–water partition coefficient (Wildman–Crippen LogP) is 0.594. The minimum absolute atomic E-state index is 0.278. The van der Waals surface area contributed by atoms with E-state index < -0.39 is 18.0 Å². The zero-order valence-electron chi connectivity index (χ0n) is 12.3. The molecule has 1 atom stereocenters. The van der Waals surface area contributed by atoms with Gasteiger partial charge in [0, 0.05) is 11.4 Å². The monoisotopic (exact) mass is 323 g/mol. The number of halogens is 1. The first-order valence-corrected chi connectivity index (χ1v) is 6.82. The van der Waals surface area contributed by atoms with Crippen molar-refractivity contribution >= 4 is 23.2 Å². The molecule has 7 heteroatoms. The van der Waals surface area contributed by atoms with Gasteiger partial charge in [0.1, 0.15) is 5.56 Å². The molecule has 0 saturated heterocycles. The smallest absolute Gasteiger partial charge is 0.308 e. The van der Waals surface area contributed by atoms with Gasteiger partial charge in [-0.25, -0.2) is 4.39 Å². The molecule has 0 bridgehead atoms. The zero-order valence-corrected chi connectivity index (χ0v) is 12.3. The topological polar surface area (TPSA) is 106 Å². The molecule has 0 saturated carbocycles. The molecule has 0 aliphatic carbocycles. The molecular weight excluding hydrogens is 311 g/mol. The second-order valence-electron chi connectivity index (χ2n) is 4.73. The maximum absolute atomic E-state index is 13.9. The van der Waals surface area contributed by atoms with Gasteiger partial charge in [-0.1, -0.05) is 5.26 Å². The van der Waals surface area contributed by atoms with Crippen LogP contribution in [0.4, 0.5) is 15.8 Å². The fourth-order valence-electron chi connectivity index (χ4n) is 1.80. The summed E-state index contributed by atoms with van der Waals surface area (Å²) < 4.78 is 13.9. The van der Waals surface area contributed by atoms with Gasteiger partial charge in [0.2, 0.25) is 0 Å². The minimum atomic E-state index is -2.39. The summed E-state index contributed by atoms with van der Waals surface area (Å²) >= 11 is 0. The van der Waals surface area contributed by atoms with Crippen LogP contribution in [-0.2, 0) is 9.59 Å². The van der Waals surface area contributed by atoms with Gasteiger partial charge in [-0.15, -0.1) is 0 Å². The van der Waals surface area contributed by atoms with Crippen molar-refractivity contribution in [1.82, 2.24) is 0 Å². The summed E-state index contributed by atoms with van der Waals surface area (Å²) in [4.78, 5) is 23.5. The van der Waals surface area contributed by atoms with E-state index in [9.17, 15) is 14.0 Å². The van der Waals surface area contributed by atoms with Crippen molar-refractivity contribution in [2.45, 2.75) is 6.17 Å². The molecule has 24 heavy (non-hydrogen) atoms. The number of nitriles is 1. The van der Waals surface area contributed by atoms with Crippen LogP contribution >= 0.6 is 0 Å². The van der Waals surface area contributed by atoms with Crippen LogP contribution in [0.15, 0.2) is 48.5 Å². The summed E-state index contributed by atoms with van der Waals surface area (Å²) in [6, 6.07) is 15.9. The Morgan fingerprint density at radius 1 is 0.917 bits per heavy atom. The van der Waals surface area contributed by atoms with E-state index in [-0.39, 0.29) is 5.69 Å². The average molecular weight is 323 g/mol. The zero-order chi connectivity index (χ0) is 17.5. The number of carbonyl (C=O) groups excluding carboxylic acids is 2. The first kappa shape index (κ1) is 16.7. The number of rotatable bonds is 4. The Balaban J connectivity index is 1.97. The summed E-state index contributed by atoms with van der Waals surface area (Å²) in [5.41, 5.74) is 1.48. The molecule has 118 valence electrons. The quantitative estimate of drug-likeness (QED) is 0.717. The Kier molecular flexibility index (Phi) is 5.22. The van der Waals surface area contributed by atoms with Crippen LogP contribution in [-0.4, -0.2) is 18.0 Å². The van der Waals surface area contributed by atoms with Gasteiger partial charge in [-0.2, -0.15) is 5.26 Å². The normalized spacial score (nSPS) is 10.8. The van der Waals surface area contributed by atoms with Crippen LogP contribution in [0.2, 0.25) is 0 Å². The Hall–Kier alpha value is -3.71. The highest BCUT2D eigenvalue weighted by molar-refractivity contribution is 6.13. The van der Waals surface area contributed by atoms with Crippen molar-refractivity contribution in [2.75, 3.05) is 10.6 Å². The van der Waals surface area contributed by atoms with E-state index in [0.717, 1.165) is 0 Å². The van der Waals surface area contributed by atoms with Crippen LogP contribution in [0.1, 0.15) is 11.1 Å². The Morgan fingerprint density at radius 3 is 1.71 bits per heavy atom. The lowest BCUT2D eigenvalue weighted by Gasteiger charge is -2.10. The SMILES string of the molecule is N#Cc1ccc(NC(=O)C(F)C(=O)Nc2ccc(C#[NH+])cc2)cc1. The number of nitrogens with zero attached hydrogens (tertiary/aromatic N) is 1. The van der Waals surface area contributed by atoms with Crippen molar-refractivity contribution in [3.05, 3.63) is 59.7 Å². The van der Waals surface area contributed by atoms with Gasteiger partial charge in [0.05, 0.1) is 11.6 Å². The third-order valence-electron chi connectivity index (χ3n) is 3.04. The van der Waals surface area contributed by atoms with Gasteiger partial charge in [-0.05, 0) is 48.5 Å². The average Bonchev–Trinajstić information content (AvgIpc) is 2.62. The maximum Gasteiger partial charge on any atom is 0.308 e. The molecule has 2 amide bonds. The molecule has 0 aliphatic heterocycles. The number of amides is 2. The first-order chi connectivity index (χ1) is 11.5. The summed E-state index contributed by atoms with van der Waals surface area (Å²) in [5, 5.41) is 20.2. The van der Waals surface area contributed by atoms with E-state index in [0.29, 0.717) is 16.8 Å². The number of nitrogens with one attached hydrogen (secondary N) is 3. The molecule has 1 unspecified atom stereocenters. The molecule has 6 nitrogen and oxygen atoms in total. The molecule has 0 radical (unpaired) electrons. The maximum atomic E-state index is 13.9. The third kappa shape index (κ3) is 4.15. The number of carbonyl (C=O) groups is 2. The highest BCUT2D eigenvalue weighted by Gasteiger charge is 2.26. The number of hydrogen-bond acceptors (Lipinski definition) is 3. The van der Waals surface area contributed by atoms with Crippen molar-refractivity contribution in [2.24, 2.45) is 0 Å². The van der Waals surface area contributed by atoms with Crippen LogP contribution in [0.3, 0.4) is 0 Å². The van der Waals surface area contributed by atoms with Gasteiger partial charge < -0.3 is 10.6 Å². The van der Waals surface area contributed by atoms with Crippen LogP contribution < -0.4 is 15.9 Å². The lowest BCUT2D eigenvalue weighted by atomic mass is 10.2. The second kappa shape index (κ2) is 7.52.